The van der Waals surface area contributed by atoms with Crippen LogP contribution in [-0.2, 0) is 0 Å². The molecule has 10 aromatic rings. The molecule has 2 nitrogen and oxygen atoms in total. The second-order valence-corrected chi connectivity index (χ2v) is 14.1. The topological polar surface area (TPSA) is 16.4 Å². The third kappa shape index (κ3) is 6.34. The molecule has 264 valence electrons. The van der Waals surface area contributed by atoms with Gasteiger partial charge in [-0.15, -0.1) is 0 Å². The summed E-state index contributed by atoms with van der Waals surface area (Å²) in [6.45, 7) is 0. The first-order chi connectivity index (χ1) is 27.7. The van der Waals surface area contributed by atoms with Crippen molar-refractivity contribution in [1.82, 2.24) is 0 Å². The Labute approximate surface area is 327 Å². The maximum absolute atomic E-state index is 6.17. The summed E-state index contributed by atoms with van der Waals surface area (Å²) >= 11 is 0. The molecule has 0 saturated carbocycles. The summed E-state index contributed by atoms with van der Waals surface area (Å²) in [6.07, 6.45) is 0. The van der Waals surface area contributed by atoms with E-state index in [0.29, 0.717) is 0 Å². The number of nitrogens with zero attached hydrogens (tertiary/aromatic N) is 1. The van der Waals surface area contributed by atoms with E-state index in [1.807, 2.05) is 18.2 Å². The Kier molecular flexibility index (Phi) is 8.55. The van der Waals surface area contributed by atoms with Gasteiger partial charge in [0.05, 0.1) is 11.4 Å². The number of hydrogen-bond donors (Lipinski definition) is 0. The molecule has 1 aromatic heterocycles. The monoisotopic (exact) mass is 715 g/mol. The van der Waals surface area contributed by atoms with Crippen LogP contribution in [0.25, 0.3) is 77.6 Å². The zero-order chi connectivity index (χ0) is 37.3. The van der Waals surface area contributed by atoms with Gasteiger partial charge in [0, 0.05) is 27.6 Å². The Balaban J connectivity index is 0.992. The van der Waals surface area contributed by atoms with Crippen molar-refractivity contribution < 1.29 is 4.42 Å². The van der Waals surface area contributed by atoms with Crippen LogP contribution in [0.2, 0.25) is 0 Å². The molecule has 56 heavy (non-hydrogen) atoms. The molecule has 0 aliphatic heterocycles. The molecule has 0 atom stereocenters. The van der Waals surface area contributed by atoms with E-state index in [1.165, 1.54) is 49.7 Å². The van der Waals surface area contributed by atoms with Crippen LogP contribution in [0, 0.1) is 0 Å². The molecular weight excluding hydrogens is 679 g/mol. The van der Waals surface area contributed by atoms with Gasteiger partial charge in [0.15, 0.2) is 0 Å². The molecule has 0 N–H and O–H groups in total. The SMILES string of the molecule is c1ccc(-c2ccc(-c3ccccc3N(c3ccc(-c4ccc(-c5cccc(-c6cc7ccccc7o6)c5)cc4)cc3)c3cccc4ccccc34)cc2)cc1. The fourth-order valence-electron chi connectivity index (χ4n) is 7.83. The van der Waals surface area contributed by atoms with Crippen molar-refractivity contribution in [1.29, 1.82) is 0 Å². The van der Waals surface area contributed by atoms with E-state index in [1.54, 1.807) is 0 Å². The standard InChI is InChI=1S/C54H37NO/c1-2-12-38(13-3-1)39-28-30-44(31-29-39)50-20-7-8-21-51(50)55(52-22-11-16-43-14-4-6-19-49(43)52)48-34-32-41(33-35-48)40-24-26-42(27-25-40)45-17-10-18-46(36-45)54-37-47-15-5-9-23-53(47)56-54/h1-37H. The van der Waals surface area contributed by atoms with Crippen molar-refractivity contribution in [3.05, 3.63) is 224 Å². The van der Waals surface area contributed by atoms with Crippen molar-refractivity contribution in [2.75, 3.05) is 4.90 Å². The van der Waals surface area contributed by atoms with Gasteiger partial charge in [0.1, 0.15) is 11.3 Å². The zero-order valence-electron chi connectivity index (χ0n) is 30.7. The van der Waals surface area contributed by atoms with Gasteiger partial charge in [-0.05, 0) is 86.8 Å². The summed E-state index contributed by atoms with van der Waals surface area (Å²) in [5.74, 6) is 0.880. The van der Waals surface area contributed by atoms with Gasteiger partial charge in [0.2, 0.25) is 0 Å². The third-order valence-electron chi connectivity index (χ3n) is 10.7. The van der Waals surface area contributed by atoms with Gasteiger partial charge in [-0.2, -0.15) is 0 Å². The van der Waals surface area contributed by atoms with E-state index in [9.17, 15) is 0 Å². The first-order valence-electron chi connectivity index (χ1n) is 19.1. The number of furan rings is 1. The summed E-state index contributed by atoms with van der Waals surface area (Å²) in [5.41, 5.74) is 14.8. The normalized spacial score (nSPS) is 11.2. The summed E-state index contributed by atoms with van der Waals surface area (Å²) < 4.78 is 6.17. The number of hydrogen-bond acceptors (Lipinski definition) is 2. The number of fused-ring (bicyclic) bond motifs is 2. The number of benzene rings is 9. The van der Waals surface area contributed by atoms with E-state index >= 15 is 0 Å². The first kappa shape index (κ1) is 33.2. The molecule has 9 aromatic carbocycles. The number of rotatable bonds is 8. The fourth-order valence-corrected chi connectivity index (χ4v) is 7.83. The molecule has 0 fully saturated rings. The predicted molar refractivity (Wildman–Crippen MR) is 236 cm³/mol. The van der Waals surface area contributed by atoms with Crippen molar-refractivity contribution in [2.24, 2.45) is 0 Å². The zero-order valence-corrected chi connectivity index (χ0v) is 30.7. The van der Waals surface area contributed by atoms with Crippen LogP contribution in [-0.4, -0.2) is 0 Å². The van der Waals surface area contributed by atoms with Gasteiger partial charge >= 0.3 is 0 Å². The van der Waals surface area contributed by atoms with Crippen molar-refractivity contribution in [3.63, 3.8) is 0 Å². The molecule has 0 saturated heterocycles. The highest BCUT2D eigenvalue weighted by molar-refractivity contribution is 6.01. The molecule has 0 aliphatic carbocycles. The third-order valence-corrected chi connectivity index (χ3v) is 10.7. The lowest BCUT2D eigenvalue weighted by molar-refractivity contribution is 0.631. The molecular formula is C54H37NO. The average molecular weight is 716 g/mol. The van der Waals surface area contributed by atoms with Crippen LogP contribution in [0.5, 0.6) is 0 Å². The summed E-state index contributed by atoms with van der Waals surface area (Å²) in [5, 5.41) is 3.52. The van der Waals surface area contributed by atoms with Crippen molar-refractivity contribution in [3.8, 4) is 55.8 Å². The van der Waals surface area contributed by atoms with Gasteiger partial charge < -0.3 is 9.32 Å². The Hall–Kier alpha value is -7.42. The molecule has 0 unspecified atom stereocenters. The quantitative estimate of drug-likeness (QED) is 0.156. The second-order valence-electron chi connectivity index (χ2n) is 14.1. The lowest BCUT2D eigenvalue weighted by Gasteiger charge is -2.29. The van der Waals surface area contributed by atoms with E-state index < -0.39 is 0 Å². The first-order valence-corrected chi connectivity index (χ1v) is 19.1. The summed E-state index contributed by atoms with van der Waals surface area (Å²) in [4.78, 5) is 2.41. The predicted octanol–water partition coefficient (Wildman–Crippen LogP) is 15.4. The van der Waals surface area contributed by atoms with E-state index in [-0.39, 0.29) is 0 Å². The lowest BCUT2D eigenvalue weighted by Crippen LogP contribution is -2.11. The van der Waals surface area contributed by atoms with Gasteiger partial charge in [-0.3, -0.25) is 0 Å². The van der Waals surface area contributed by atoms with Crippen LogP contribution >= 0.6 is 0 Å². The minimum atomic E-state index is 0.880. The van der Waals surface area contributed by atoms with Crippen LogP contribution in [0.1, 0.15) is 0 Å². The van der Waals surface area contributed by atoms with Gasteiger partial charge in [-0.1, -0.05) is 182 Å². The Morgan fingerprint density at radius 2 is 0.804 bits per heavy atom. The molecule has 0 bridgehead atoms. The molecule has 0 amide bonds. The smallest absolute Gasteiger partial charge is 0.135 e. The number of para-hydroxylation sites is 2. The maximum Gasteiger partial charge on any atom is 0.135 e. The van der Waals surface area contributed by atoms with Crippen LogP contribution in [0.3, 0.4) is 0 Å². The number of anilines is 3. The van der Waals surface area contributed by atoms with Gasteiger partial charge in [0.25, 0.3) is 0 Å². The van der Waals surface area contributed by atoms with E-state index in [4.69, 9.17) is 4.42 Å². The minimum Gasteiger partial charge on any atom is -0.456 e. The Bertz CT molecular complexity index is 2900. The Morgan fingerprint density at radius 1 is 0.304 bits per heavy atom. The van der Waals surface area contributed by atoms with Crippen molar-refractivity contribution in [2.45, 2.75) is 0 Å². The van der Waals surface area contributed by atoms with Crippen molar-refractivity contribution >= 4 is 38.8 Å². The fraction of sp³-hybridized carbons (Fsp3) is 0. The summed E-state index contributed by atoms with van der Waals surface area (Å²) in [6, 6.07) is 80.1. The molecule has 0 spiro atoms. The lowest BCUT2D eigenvalue weighted by atomic mass is 9.97. The Morgan fingerprint density at radius 3 is 1.55 bits per heavy atom. The highest BCUT2D eigenvalue weighted by atomic mass is 16.3. The summed E-state index contributed by atoms with van der Waals surface area (Å²) in [7, 11) is 0. The van der Waals surface area contributed by atoms with Crippen LogP contribution < -0.4 is 4.90 Å². The largest absolute Gasteiger partial charge is 0.456 e. The molecule has 2 heteroatoms. The highest BCUT2D eigenvalue weighted by Crippen LogP contribution is 2.44. The highest BCUT2D eigenvalue weighted by Gasteiger charge is 2.19. The molecule has 1 heterocycles. The molecule has 10 rings (SSSR count). The van der Waals surface area contributed by atoms with E-state index in [0.717, 1.165) is 44.9 Å². The van der Waals surface area contributed by atoms with E-state index in [2.05, 4.69) is 211 Å². The second kappa shape index (κ2) is 14.4. The minimum absolute atomic E-state index is 0.880. The van der Waals surface area contributed by atoms with Crippen LogP contribution in [0.15, 0.2) is 229 Å². The molecule has 0 aliphatic rings. The molecule has 0 radical (unpaired) electrons. The maximum atomic E-state index is 6.17. The van der Waals surface area contributed by atoms with Gasteiger partial charge in [-0.25, -0.2) is 0 Å². The average Bonchev–Trinajstić information content (AvgIpc) is 3.72. The van der Waals surface area contributed by atoms with Crippen LogP contribution in [0.4, 0.5) is 17.1 Å².